The fourth-order valence-electron chi connectivity index (χ4n) is 2.02. The number of carbonyl (C=O) groups is 1. The maximum absolute atomic E-state index is 11.9. The summed E-state index contributed by atoms with van der Waals surface area (Å²) < 4.78 is 5.26. The van der Waals surface area contributed by atoms with Gasteiger partial charge in [0.25, 0.3) is 0 Å². The maximum Gasteiger partial charge on any atom is 0.224 e. The number of allylic oxidation sites excluding steroid dienone is 1. The van der Waals surface area contributed by atoms with Gasteiger partial charge in [-0.3, -0.25) is 4.79 Å². The highest BCUT2D eigenvalue weighted by Crippen LogP contribution is 2.16. The molecule has 0 saturated carbocycles. The van der Waals surface area contributed by atoms with Crippen LogP contribution < -0.4 is 10.1 Å². The van der Waals surface area contributed by atoms with E-state index in [-0.39, 0.29) is 19.1 Å². The van der Waals surface area contributed by atoms with Gasteiger partial charge in [-0.1, -0.05) is 42.5 Å². The molecule has 120 valence electrons. The van der Waals surface area contributed by atoms with Crippen molar-refractivity contribution in [1.82, 2.24) is 0 Å². The zero-order valence-corrected chi connectivity index (χ0v) is 12.9. The van der Waals surface area contributed by atoms with Gasteiger partial charge in [0, 0.05) is 12.1 Å². The Labute approximate surface area is 136 Å². The molecule has 23 heavy (non-hydrogen) atoms. The van der Waals surface area contributed by atoms with Crippen molar-refractivity contribution < 1.29 is 14.6 Å². The lowest BCUT2D eigenvalue weighted by molar-refractivity contribution is -0.116. The minimum Gasteiger partial charge on any atom is -0.491 e. The summed E-state index contributed by atoms with van der Waals surface area (Å²) in [6, 6.07) is 17.1. The quantitative estimate of drug-likeness (QED) is 0.784. The summed E-state index contributed by atoms with van der Waals surface area (Å²) >= 11 is 0. The van der Waals surface area contributed by atoms with Crippen molar-refractivity contribution in [3.63, 3.8) is 0 Å². The number of carbonyl (C=O) groups excluding carboxylic acids is 1. The SMILES string of the molecule is O=C(CC/C=C/c1ccccc1)Nc1ccc(OCCO)cc1. The van der Waals surface area contributed by atoms with E-state index in [0.29, 0.717) is 18.6 Å². The molecule has 4 nitrogen and oxygen atoms in total. The van der Waals surface area contributed by atoms with E-state index in [4.69, 9.17) is 9.84 Å². The monoisotopic (exact) mass is 311 g/mol. The second kappa shape index (κ2) is 9.43. The van der Waals surface area contributed by atoms with Crippen molar-refractivity contribution in [1.29, 1.82) is 0 Å². The van der Waals surface area contributed by atoms with E-state index in [1.165, 1.54) is 0 Å². The van der Waals surface area contributed by atoms with E-state index < -0.39 is 0 Å². The molecule has 0 radical (unpaired) electrons. The van der Waals surface area contributed by atoms with Gasteiger partial charge in [0.1, 0.15) is 12.4 Å². The van der Waals surface area contributed by atoms with Crippen LogP contribution in [-0.2, 0) is 4.79 Å². The summed E-state index contributed by atoms with van der Waals surface area (Å²) in [5, 5.41) is 11.5. The lowest BCUT2D eigenvalue weighted by Crippen LogP contribution is -2.10. The Morgan fingerprint density at radius 3 is 2.52 bits per heavy atom. The molecule has 2 N–H and O–H groups in total. The second-order valence-electron chi connectivity index (χ2n) is 5.00. The Morgan fingerprint density at radius 1 is 1.09 bits per heavy atom. The Kier molecular flexibility index (Phi) is 6.88. The van der Waals surface area contributed by atoms with Crippen LogP contribution in [0.15, 0.2) is 60.7 Å². The van der Waals surface area contributed by atoms with E-state index in [2.05, 4.69) is 5.32 Å². The van der Waals surface area contributed by atoms with Gasteiger partial charge in [0.15, 0.2) is 0 Å². The molecule has 2 aromatic carbocycles. The van der Waals surface area contributed by atoms with E-state index in [9.17, 15) is 4.79 Å². The average Bonchev–Trinajstić information content (AvgIpc) is 2.59. The Morgan fingerprint density at radius 2 is 1.83 bits per heavy atom. The lowest BCUT2D eigenvalue weighted by Gasteiger charge is -2.07. The number of rotatable bonds is 8. The highest BCUT2D eigenvalue weighted by atomic mass is 16.5. The van der Waals surface area contributed by atoms with Crippen molar-refractivity contribution in [3.05, 3.63) is 66.2 Å². The van der Waals surface area contributed by atoms with Crippen LogP contribution in [0.2, 0.25) is 0 Å². The van der Waals surface area contributed by atoms with Crippen LogP contribution >= 0.6 is 0 Å². The van der Waals surface area contributed by atoms with Gasteiger partial charge in [-0.2, -0.15) is 0 Å². The van der Waals surface area contributed by atoms with E-state index >= 15 is 0 Å². The smallest absolute Gasteiger partial charge is 0.224 e. The first kappa shape index (κ1) is 16.8. The molecule has 1 amide bonds. The summed E-state index contributed by atoms with van der Waals surface area (Å²) in [5.74, 6) is 0.648. The molecular weight excluding hydrogens is 290 g/mol. The third kappa shape index (κ3) is 6.36. The summed E-state index contributed by atoms with van der Waals surface area (Å²) in [5.41, 5.74) is 1.87. The topological polar surface area (TPSA) is 58.6 Å². The molecule has 2 aromatic rings. The molecule has 0 atom stereocenters. The first-order valence-corrected chi connectivity index (χ1v) is 7.63. The number of aliphatic hydroxyl groups is 1. The van der Waals surface area contributed by atoms with E-state index in [1.54, 1.807) is 24.3 Å². The molecule has 0 saturated heterocycles. The van der Waals surface area contributed by atoms with E-state index in [1.807, 2.05) is 42.5 Å². The van der Waals surface area contributed by atoms with Gasteiger partial charge in [-0.25, -0.2) is 0 Å². The van der Waals surface area contributed by atoms with Crippen molar-refractivity contribution in [2.75, 3.05) is 18.5 Å². The zero-order chi connectivity index (χ0) is 16.3. The van der Waals surface area contributed by atoms with Crippen molar-refractivity contribution in [2.24, 2.45) is 0 Å². The molecule has 0 bridgehead atoms. The first-order valence-electron chi connectivity index (χ1n) is 7.63. The summed E-state index contributed by atoms with van der Waals surface area (Å²) in [6.07, 6.45) is 5.14. The molecule has 0 aromatic heterocycles. The molecule has 0 aliphatic rings. The van der Waals surface area contributed by atoms with Crippen LogP contribution in [0, 0.1) is 0 Å². The number of amides is 1. The molecule has 0 heterocycles. The lowest BCUT2D eigenvalue weighted by atomic mass is 10.2. The Bertz CT molecular complexity index is 621. The Balaban J connectivity index is 1.73. The van der Waals surface area contributed by atoms with Crippen LogP contribution in [0.25, 0.3) is 6.08 Å². The van der Waals surface area contributed by atoms with Gasteiger partial charge in [0.05, 0.1) is 6.61 Å². The molecule has 0 fully saturated rings. The standard InChI is InChI=1S/C19H21NO3/c21-14-15-23-18-12-10-17(11-13-18)20-19(22)9-5-4-8-16-6-2-1-3-7-16/h1-4,6-8,10-13,21H,5,9,14-15H2,(H,20,22)/b8-4+. The summed E-state index contributed by atoms with van der Waals surface area (Å²) in [6.45, 7) is 0.244. The molecular formula is C19H21NO3. The normalized spacial score (nSPS) is 10.7. The predicted octanol–water partition coefficient (Wildman–Crippen LogP) is 3.49. The van der Waals surface area contributed by atoms with Crippen LogP contribution in [0.1, 0.15) is 18.4 Å². The number of hydrogen-bond donors (Lipinski definition) is 2. The minimum atomic E-state index is -0.0215. The number of ether oxygens (including phenoxy) is 1. The summed E-state index contributed by atoms with van der Waals surface area (Å²) in [7, 11) is 0. The molecule has 0 spiro atoms. The second-order valence-corrected chi connectivity index (χ2v) is 5.00. The van der Waals surface area contributed by atoms with E-state index in [0.717, 1.165) is 11.3 Å². The van der Waals surface area contributed by atoms with Gasteiger partial charge in [-0.15, -0.1) is 0 Å². The minimum absolute atomic E-state index is 0.0189. The molecule has 4 heteroatoms. The molecule has 0 aliphatic heterocycles. The third-order valence-electron chi connectivity index (χ3n) is 3.15. The fourth-order valence-corrected chi connectivity index (χ4v) is 2.02. The zero-order valence-electron chi connectivity index (χ0n) is 12.9. The third-order valence-corrected chi connectivity index (χ3v) is 3.15. The van der Waals surface area contributed by atoms with Crippen molar-refractivity contribution in [3.8, 4) is 5.75 Å². The van der Waals surface area contributed by atoms with Crippen LogP contribution in [0.3, 0.4) is 0 Å². The molecule has 0 aliphatic carbocycles. The van der Waals surface area contributed by atoms with Crippen molar-refractivity contribution in [2.45, 2.75) is 12.8 Å². The van der Waals surface area contributed by atoms with Gasteiger partial charge >= 0.3 is 0 Å². The van der Waals surface area contributed by atoms with Gasteiger partial charge < -0.3 is 15.2 Å². The van der Waals surface area contributed by atoms with Gasteiger partial charge in [-0.05, 0) is 36.2 Å². The fraction of sp³-hybridized carbons (Fsp3) is 0.211. The highest BCUT2D eigenvalue weighted by molar-refractivity contribution is 5.90. The van der Waals surface area contributed by atoms with Crippen LogP contribution in [0.4, 0.5) is 5.69 Å². The number of benzene rings is 2. The van der Waals surface area contributed by atoms with Crippen LogP contribution in [-0.4, -0.2) is 24.2 Å². The summed E-state index contributed by atoms with van der Waals surface area (Å²) in [4.78, 5) is 11.9. The largest absolute Gasteiger partial charge is 0.491 e. The van der Waals surface area contributed by atoms with Crippen LogP contribution in [0.5, 0.6) is 5.75 Å². The molecule has 2 rings (SSSR count). The van der Waals surface area contributed by atoms with Gasteiger partial charge in [0.2, 0.25) is 5.91 Å². The Hall–Kier alpha value is -2.59. The number of anilines is 1. The average molecular weight is 311 g/mol. The molecule has 0 unspecified atom stereocenters. The predicted molar refractivity (Wildman–Crippen MR) is 92.4 cm³/mol. The first-order chi connectivity index (χ1) is 11.3. The maximum atomic E-state index is 11.9. The number of hydrogen-bond acceptors (Lipinski definition) is 3. The number of aliphatic hydroxyl groups excluding tert-OH is 1. The number of nitrogens with one attached hydrogen (secondary N) is 1. The highest BCUT2D eigenvalue weighted by Gasteiger charge is 2.01. The van der Waals surface area contributed by atoms with Crippen molar-refractivity contribution >= 4 is 17.7 Å².